The van der Waals surface area contributed by atoms with Crippen LogP contribution in [0.1, 0.15) is 136 Å². The Morgan fingerprint density at radius 2 is 1.23 bits per heavy atom. The molecule has 2 saturated heterocycles. The highest BCUT2D eigenvalue weighted by molar-refractivity contribution is 5.95. The Kier molecular flexibility index (Phi) is 16.2. The fourth-order valence-corrected chi connectivity index (χ4v) is 10.4. The quantitative estimate of drug-likeness (QED) is 0.117. The van der Waals surface area contributed by atoms with Gasteiger partial charge in [-0.2, -0.15) is 0 Å². The van der Waals surface area contributed by atoms with E-state index in [-0.39, 0.29) is 47.3 Å². The van der Waals surface area contributed by atoms with Gasteiger partial charge in [0.15, 0.2) is 5.78 Å². The maximum atomic E-state index is 14.5. The smallest absolute Gasteiger partial charge is 0.250 e. The van der Waals surface area contributed by atoms with Gasteiger partial charge in [0.05, 0.1) is 24.2 Å². The Hall–Kier alpha value is -5.40. The Labute approximate surface area is 384 Å². The Bertz CT molecular complexity index is 2180. The standard InChI is InChI=1S/C52H69N7O6/c1-33(53-3)48(61)56-43(51(64)59-31-13-25-45(59)50(63)55-42-22-11-18-37-16-6-8-21-41(37)42)23-9-14-35-26-28-38(29-27-35)47(57-49(62)34(2)54-4)52(65)58-30-12-24-44(58)46(60)32-39-19-10-17-36-15-5-7-20-40(36)39/h5-8,15-16,20-21,26-29,33-34,39,42-45,47,53-54H,9-14,17-19,22-25,30-32H2,1-4H3,(H,55,63)(H,56,61)(H,57,62)/t33-,34-,39-,42+,43-,44-,45?,47-/m0/s1. The van der Waals surface area contributed by atoms with Gasteiger partial charge >= 0.3 is 0 Å². The van der Waals surface area contributed by atoms with E-state index in [2.05, 4.69) is 50.8 Å². The first-order chi connectivity index (χ1) is 31.5. The summed E-state index contributed by atoms with van der Waals surface area (Å²) in [6, 6.07) is 20.0. The van der Waals surface area contributed by atoms with E-state index in [1.54, 1.807) is 37.7 Å². The molecule has 3 aromatic carbocycles. The number of nitrogens with one attached hydrogen (secondary N) is 5. The number of nitrogens with zero attached hydrogens (tertiary/aromatic N) is 2. The van der Waals surface area contributed by atoms with Crippen molar-refractivity contribution in [1.29, 1.82) is 0 Å². The molecule has 0 aromatic heterocycles. The van der Waals surface area contributed by atoms with Crippen molar-refractivity contribution in [3.63, 3.8) is 0 Å². The number of amides is 5. The van der Waals surface area contributed by atoms with Crippen molar-refractivity contribution in [2.24, 2.45) is 0 Å². The summed E-state index contributed by atoms with van der Waals surface area (Å²) in [4.78, 5) is 86.5. The Morgan fingerprint density at radius 1 is 0.646 bits per heavy atom. The second kappa shape index (κ2) is 22.2. The molecule has 2 aliphatic carbocycles. The molecule has 1 unspecified atom stereocenters. The molecule has 0 saturated carbocycles. The minimum atomic E-state index is -0.985. The van der Waals surface area contributed by atoms with Crippen LogP contribution in [0.4, 0.5) is 0 Å². The van der Waals surface area contributed by atoms with E-state index in [0.29, 0.717) is 63.6 Å². The van der Waals surface area contributed by atoms with Gasteiger partial charge in [0.2, 0.25) is 29.5 Å². The summed E-state index contributed by atoms with van der Waals surface area (Å²) in [5.74, 6) is -1.10. The van der Waals surface area contributed by atoms with Gasteiger partial charge in [-0.25, -0.2) is 0 Å². The first-order valence-corrected chi connectivity index (χ1v) is 24.1. The van der Waals surface area contributed by atoms with Gasteiger partial charge in [0.1, 0.15) is 18.1 Å². The summed E-state index contributed by atoms with van der Waals surface area (Å²) in [5, 5.41) is 15.1. The van der Waals surface area contributed by atoms with Gasteiger partial charge in [0, 0.05) is 19.5 Å². The lowest BCUT2D eigenvalue weighted by atomic mass is 9.79. The van der Waals surface area contributed by atoms with Crippen LogP contribution in [0.2, 0.25) is 0 Å². The fraction of sp³-hybridized carbons (Fsp3) is 0.538. The molecule has 4 aliphatic rings. The molecular formula is C52H69N7O6. The summed E-state index contributed by atoms with van der Waals surface area (Å²) in [6.07, 6.45) is 10.3. The lowest BCUT2D eigenvalue weighted by molar-refractivity contribution is -0.142. The third kappa shape index (κ3) is 11.4. The molecule has 2 heterocycles. The summed E-state index contributed by atoms with van der Waals surface area (Å²) in [6.45, 7) is 4.37. The van der Waals surface area contributed by atoms with Gasteiger partial charge in [-0.1, -0.05) is 72.8 Å². The third-order valence-corrected chi connectivity index (χ3v) is 14.4. The normalized spacial score (nSPS) is 22.2. The van der Waals surface area contributed by atoms with Crippen molar-refractivity contribution >= 4 is 35.3 Å². The second-order valence-corrected chi connectivity index (χ2v) is 18.6. The number of hydrogen-bond acceptors (Lipinski definition) is 8. The van der Waals surface area contributed by atoms with E-state index in [0.717, 1.165) is 56.1 Å². The van der Waals surface area contributed by atoms with Crippen molar-refractivity contribution in [2.75, 3.05) is 27.2 Å². The average Bonchev–Trinajstić information content (AvgIpc) is 4.04. The number of ketones is 1. The van der Waals surface area contributed by atoms with E-state index >= 15 is 0 Å². The van der Waals surface area contributed by atoms with Gasteiger partial charge in [0.25, 0.3) is 0 Å². The van der Waals surface area contributed by atoms with E-state index in [1.807, 2.05) is 48.5 Å². The molecule has 8 atom stereocenters. The van der Waals surface area contributed by atoms with Crippen molar-refractivity contribution in [3.05, 3.63) is 106 Å². The highest BCUT2D eigenvalue weighted by Gasteiger charge is 2.41. The zero-order valence-electron chi connectivity index (χ0n) is 38.7. The Morgan fingerprint density at radius 3 is 1.91 bits per heavy atom. The van der Waals surface area contributed by atoms with Crippen LogP contribution in [0.5, 0.6) is 0 Å². The van der Waals surface area contributed by atoms with Gasteiger partial charge in [-0.05, 0) is 151 Å². The number of rotatable bonds is 18. The topological polar surface area (TPSA) is 169 Å². The number of fused-ring (bicyclic) bond motifs is 2. The van der Waals surface area contributed by atoms with E-state index < -0.39 is 36.3 Å². The number of likely N-dealkylation sites (tertiary alicyclic amines) is 2. The first-order valence-electron chi connectivity index (χ1n) is 24.1. The number of likely N-dealkylation sites (N-methyl/N-ethyl adjacent to an activating group) is 2. The Balaban J connectivity index is 1.01. The monoisotopic (exact) mass is 888 g/mol. The minimum absolute atomic E-state index is 0.0732. The number of hydrogen-bond donors (Lipinski definition) is 5. The van der Waals surface area contributed by atoms with Crippen molar-refractivity contribution in [1.82, 2.24) is 36.4 Å². The first kappa shape index (κ1) is 47.6. The predicted molar refractivity (Wildman–Crippen MR) is 251 cm³/mol. The van der Waals surface area contributed by atoms with Crippen LogP contribution in [-0.2, 0) is 48.0 Å². The molecule has 65 heavy (non-hydrogen) atoms. The van der Waals surface area contributed by atoms with Crippen molar-refractivity contribution in [2.45, 2.75) is 152 Å². The van der Waals surface area contributed by atoms with Gasteiger partial charge in [-0.3, -0.25) is 28.8 Å². The summed E-state index contributed by atoms with van der Waals surface area (Å²) < 4.78 is 0. The molecule has 348 valence electrons. The molecular weight excluding hydrogens is 819 g/mol. The molecule has 5 N–H and O–H groups in total. The molecule has 3 aromatic rings. The van der Waals surface area contributed by atoms with Gasteiger partial charge < -0.3 is 36.4 Å². The predicted octanol–water partition coefficient (Wildman–Crippen LogP) is 5.12. The second-order valence-electron chi connectivity index (χ2n) is 18.6. The van der Waals surface area contributed by atoms with Crippen LogP contribution >= 0.6 is 0 Å². The van der Waals surface area contributed by atoms with Crippen LogP contribution in [0.15, 0.2) is 72.8 Å². The molecule has 2 aliphatic heterocycles. The zero-order chi connectivity index (χ0) is 46.0. The molecule has 0 bridgehead atoms. The lowest BCUT2D eigenvalue weighted by Crippen LogP contribution is -2.55. The maximum absolute atomic E-state index is 14.5. The molecule has 0 spiro atoms. The largest absolute Gasteiger partial charge is 0.347 e. The molecule has 5 amide bonds. The van der Waals surface area contributed by atoms with Crippen molar-refractivity contribution < 1.29 is 28.8 Å². The highest BCUT2D eigenvalue weighted by atomic mass is 16.2. The van der Waals surface area contributed by atoms with Crippen LogP contribution in [-0.4, -0.2) is 103 Å². The molecule has 0 radical (unpaired) electrons. The number of carbonyl (C=O) groups excluding carboxylic acids is 6. The molecule has 7 rings (SSSR count). The van der Waals surface area contributed by atoms with Crippen LogP contribution < -0.4 is 26.6 Å². The average molecular weight is 888 g/mol. The summed E-state index contributed by atoms with van der Waals surface area (Å²) >= 11 is 0. The van der Waals surface area contributed by atoms with Gasteiger partial charge in [-0.15, -0.1) is 0 Å². The SMILES string of the molecule is CN[C@@H](C)C(=O)N[C@@H](CCCc1ccc([C@H](NC(=O)[C@H](C)NC)C(=O)N2CCC[C@H]2C(=O)C[C@@H]2CCCc3ccccc32)cc1)C(=O)N1CCCC1C(=O)N[C@@H]1CCCc2ccccc21. The number of benzene rings is 3. The maximum Gasteiger partial charge on any atom is 0.250 e. The van der Waals surface area contributed by atoms with Crippen LogP contribution in [0.25, 0.3) is 0 Å². The van der Waals surface area contributed by atoms with Crippen LogP contribution in [0, 0.1) is 0 Å². The number of aryl methyl sites for hydroxylation is 3. The minimum Gasteiger partial charge on any atom is -0.347 e. The fourth-order valence-electron chi connectivity index (χ4n) is 10.4. The summed E-state index contributed by atoms with van der Waals surface area (Å²) in [5.41, 5.74) is 6.51. The van der Waals surface area contributed by atoms with Crippen LogP contribution in [0.3, 0.4) is 0 Å². The van der Waals surface area contributed by atoms with E-state index in [9.17, 15) is 28.8 Å². The zero-order valence-corrected chi connectivity index (χ0v) is 38.7. The van der Waals surface area contributed by atoms with Crippen molar-refractivity contribution in [3.8, 4) is 0 Å². The third-order valence-electron chi connectivity index (χ3n) is 14.4. The number of carbonyl (C=O) groups is 6. The molecule has 13 nitrogen and oxygen atoms in total. The van der Waals surface area contributed by atoms with E-state index in [1.165, 1.54) is 16.7 Å². The molecule has 13 heteroatoms. The number of Topliss-reactive ketones (excluding diaryl/α,β-unsaturated/α-hetero) is 1. The van der Waals surface area contributed by atoms with E-state index in [4.69, 9.17) is 0 Å². The lowest BCUT2D eigenvalue weighted by Gasteiger charge is -2.32. The molecule has 2 fully saturated rings. The highest BCUT2D eigenvalue weighted by Crippen LogP contribution is 2.36. The summed E-state index contributed by atoms with van der Waals surface area (Å²) in [7, 11) is 3.39.